The minimum atomic E-state index is 0.0931. The number of phenolic OH excluding ortho intramolecular Hbond substituents is 1. The van der Waals surface area contributed by atoms with Crippen molar-refractivity contribution >= 4 is 6.29 Å². The van der Waals surface area contributed by atoms with Crippen LogP contribution in [0.1, 0.15) is 21.5 Å². The van der Waals surface area contributed by atoms with E-state index in [4.69, 9.17) is 11.5 Å². The molecule has 5 N–H and O–H groups in total. The summed E-state index contributed by atoms with van der Waals surface area (Å²) in [6.45, 7) is 0.390. The summed E-state index contributed by atoms with van der Waals surface area (Å²) in [7, 11) is 0. The van der Waals surface area contributed by atoms with E-state index in [1.165, 1.54) is 0 Å². The lowest BCUT2D eigenvalue weighted by Crippen LogP contribution is -2.03. The molecule has 0 atom stereocenters. The number of carbonyl (C=O) groups is 1. The summed E-state index contributed by atoms with van der Waals surface area (Å²) in [6.07, 6.45) is 0.706. The number of aldehydes is 1. The second-order valence-electron chi connectivity index (χ2n) is 2.71. The molecular formula is C9H12N2O2. The molecule has 4 heteroatoms. The molecule has 1 aromatic rings. The standard InChI is InChI=1S/C9H12N2O2/c10-3-7-1-6(5-12)2-8(4-11)9(7)13/h1-2,5,13H,3-4,10-11H2. The van der Waals surface area contributed by atoms with Crippen molar-refractivity contribution in [2.24, 2.45) is 11.5 Å². The molecule has 0 aliphatic heterocycles. The van der Waals surface area contributed by atoms with Gasteiger partial charge >= 0.3 is 0 Å². The number of aromatic hydroxyl groups is 1. The van der Waals surface area contributed by atoms with Crippen molar-refractivity contribution < 1.29 is 9.90 Å². The van der Waals surface area contributed by atoms with Crippen LogP contribution >= 0.6 is 0 Å². The van der Waals surface area contributed by atoms with Gasteiger partial charge in [-0.2, -0.15) is 0 Å². The number of nitrogens with two attached hydrogens (primary N) is 2. The maximum absolute atomic E-state index is 10.5. The molecule has 0 amide bonds. The largest absolute Gasteiger partial charge is 0.507 e. The molecule has 0 saturated heterocycles. The third-order valence-corrected chi connectivity index (χ3v) is 1.87. The van der Waals surface area contributed by atoms with E-state index in [0.29, 0.717) is 23.0 Å². The van der Waals surface area contributed by atoms with Crippen LogP contribution in [0.25, 0.3) is 0 Å². The maximum atomic E-state index is 10.5. The Kier molecular flexibility index (Phi) is 3.00. The molecule has 1 aromatic carbocycles. The van der Waals surface area contributed by atoms with E-state index in [9.17, 15) is 9.90 Å². The van der Waals surface area contributed by atoms with Crippen molar-refractivity contribution in [3.05, 3.63) is 28.8 Å². The van der Waals surface area contributed by atoms with Gasteiger partial charge in [-0.05, 0) is 12.1 Å². The monoisotopic (exact) mass is 180 g/mol. The molecule has 0 fully saturated rings. The number of rotatable bonds is 3. The second-order valence-corrected chi connectivity index (χ2v) is 2.71. The summed E-state index contributed by atoms with van der Waals surface area (Å²) in [4.78, 5) is 10.5. The lowest BCUT2D eigenvalue weighted by Gasteiger charge is -2.07. The van der Waals surface area contributed by atoms with Crippen molar-refractivity contribution in [2.45, 2.75) is 13.1 Å². The van der Waals surface area contributed by atoms with Gasteiger partial charge in [0, 0.05) is 29.8 Å². The topological polar surface area (TPSA) is 89.3 Å². The van der Waals surface area contributed by atoms with E-state index in [0.717, 1.165) is 0 Å². The van der Waals surface area contributed by atoms with Crippen molar-refractivity contribution in [3.63, 3.8) is 0 Å². The Morgan fingerprint density at radius 3 is 2.00 bits per heavy atom. The molecule has 70 valence electrons. The molecule has 1 rings (SSSR count). The van der Waals surface area contributed by atoms with E-state index in [2.05, 4.69) is 0 Å². The van der Waals surface area contributed by atoms with Gasteiger partial charge in [0.25, 0.3) is 0 Å². The molecule has 0 aromatic heterocycles. The van der Waals surface area contributed by atoms with Crippen LogP contribution in [-0.2, 0) is 13.1 Å². The third kappa shape index (κ3) is 1.85. The van der Waals surface area contributed by atoms with Crippen molar-refractivity contribution in [2.75, 3.05) is 0 Å². The third-order valence-electron chi connectivity index (χ3n) is 1.87. The van der Waals surface area contributed by atoms with Gasteiger partial charge in [0.05, 0.1) is 0 Å². The summed E-state index contributed by atoms with van der Waals surface area (Å²) in [5.74, 6) is 0.0931. The van der Waals surface area contributed by atoms with Crippen molar-refractivity contribution in [1.82, 2.24) is 0 Å². The zero-order chi connectivity index (χ0) is 9.84. The van der Waals surface area contributed by atoms with E-state index in [1.807, 2.05) is 0 Å². The normalized spacial score (nSPS) is 10.0. The lowest BCUT2D eigenvalue weighted by molar-refractivity contribution is 0.112. The number of benzene rings is 1. The fourth-order valence-electron chi connectivity index (χ4n) is 1.17. The van der Waals surface area contributed by atoms with Gasteiger partial charge in [0.1, 0.15) is 12.0 Å². The smallest absolute Gasteiger partial charge is 0.150 e. The van der Waals surface area contributed by atoms with Gasteiger partial charge in [-0.15, -0.1) is 0 Å². The summed E-state index contributed by atoms with van der Waals surface area (Å²) in [5.41, 5.74) is 12.3. The zero-order valence-corrected chi connectivity index (χ0v) is 7.16. The minimum Gasteiger partial charge on any atom is -0.507 e. The predicted octanol–water partition coefficient (Wildman–Crippen LogP) is 0.122. The number of carbonyl (C=O) groups excluding carboxylic acids is 1. The summed E-state index contributed by atoms with van der Waals surface area (Å²) < 4.78 is 0. The Bertz CT molecular complexity index is 298. The number of phenols is 1. The average molecular weight is 180 g/mol. The highest BCUT2D eigenvalue weighted by atomic mass is 16.3. The van der Waals surface area contributed by atoms with Gasteiger partial charge in [-0.25, -0.2) is 0 Å². The van der Waals surface area contributed by atoms with Gasteiger partial charge in [0.15, 0.2) is 0 Å². The van der Waals surface area contributed by atoms with Crippen molar-refractivity contribution in [1.29, 1.82) is 0 Å². The Morgan fingerprint density at radius 2 is 1.69 bits per heavy atom. The van der Waals surface area contributed by atoms with Crippen LogP contribution in [0, 0.1) is 0 Å². The van der Waals surface area contributed by atoms with Gasteiger partial charge in [0.2, 0.25) is 0 Å². The van der Waals surface area contributed by atoms with Gasteiger partial charge in [-0.3, -0.25) is 4.79 Å². The van der Waals surface area contributed by atoms with Crippen LogP contribution in [0.2, 0.25) is 0 Å². The summed E-state index contributed by atoms with van der Waals surface area (Å²) >= 11 is 0. The van der Waals surface area contributed by atoms with Gasteiger partial charge in [-0.1, -0.05) is 0 Å². The number of hydrogen-bond acceptors (Lipinski definition) is 4. The Hall–Kier alpha value is -1.39. The second kappa shape index (κ2) is 4.02. The molecule has 0 bridgehead atoms. The van der Waals surface area contributed by atoms with Gasteiger partial charge < -0.3 is 16.6 Å². The Labute approximate surface area is 76.2 Å². The molecular weight excluding hydrogens is 168 g/mol. The van der Waals surface area contributed by atoms with Crippen LogP contribution in [0.4, 0.5) is 0 Å². The molecule has 0 spiro atoms. The number of hydrogen-bond donors (Lipinski definition) is 3. The average Bonchev–Trinajstić information content (AvgIpc) is 2.18. The Morgan fingerprint density at radius 1 is 1.23 bits per heavy atom. The molecule has 0 aliphatic rings. The summed E-state index contributed by atoms with van der Waals surface area (Å²) in [5, 5.41) is 9.53. The highest BCUT2D eigenvalue weighted by molar-refractivity contribution is 5.76. The lowest BCUT2D eigenvalue weighted by atomic mass is 10.0. The summed E-state index contributed by atoms with van der Waals surface area (Å²) in [6, 6.07) is 3.11. The van der Waals surface area contributed by atoms with E-state index in [1.54, 1.807) is 12.1 Å². The molecule has 13 heavy (non-hydrogen) atoms. The Balaban J connectivity index is 3.28. The minimum absolute atomic E-state index is 0.0931. The van der Waals surface area contributed by atoms with E-state index in [-0.39, 0.29) is 18.8 Å². The quantitative estimate of drug-likeness (QED) is 0.576. The van der Waals surface area contributed by atoms with Crippen LogP contribution < -0.4 is 11.5 Å². The first-order valence-electron chi connectivity index (χ1n) is 3.93. The SMILES string of the molecule is NCc1cc(C=O)cc(CN)c1O. The zero-order valence-electron chi connectivity index (χ0n) is 7.16. The van der Waals surface area contributed by atoms with Crippen molar-refractivity contribution in [3.8, 4) is 5.75 Å². The molecule has 0 radical (unpaired) electrons. The van der Waals surface area contributed by atoms with Crippen LogP contribution in [0.5, 0.6) is 5.75 Å². The molecule has 0 unspecified atom stereocenters. The first kappa shape index (κ1) is 9.70. The molecule has 4 nitrogen and oxygen atoms in total. The van der Waals surface area contributed by atoms with E-state index < -0.39 is 0 Å². The molecule has 0 saturated carbocycles. The fourth-order valence-corrected chi connectivity index (χ4v) is 1.17. The first-order valence-corrected chi connectivity index (χ1v) is 3.93. The van der Waals surface area contributed by atoms with Crippen LogP contribution in [0.3, 0.4) is 0 Å². The highest BCUT2D eigenvalue weighted by Gasteiger charge is 2.06. The highest BCUT2D eigenvalue weighted by Crippen LogP contribution is 2.23. The van der Waals surface area contributed by atoms with Crippen LogP contribution in [0.15, 0.2) is 12.1 Å². The van der Waals surface area contributed by atoms with E-state index >= 15 is 0 Å². The van der Waals surface area contributed by atoms with Crippen LogP contribution in [-0.4, -0.2) is 11.4 Å². The first-order chi connectivity index (χ1) is 6.22. The maximum Gasteiger partial charge on any atom is 0.150 e. The predicted molar refractivity (Wildman–Crippen MR) is 49.3 cm³/mol. The molecule has 0 aliphatic carbocycles. The fraction of sp³-hybridized carbons (Fsp3) is 0.222. The molecule has 0 heterocycles.